The number of nitrogens with zero attached hydrogens (tertiary/aromatic N) is 3. The monoisotopic (exact) mass is 279 g/mol. The number of rotatable bonds is 5. The first kappa shape index (κ1) is 15.0. The zero-order valence-electron chi connectivity index (χ0n) is 12.6. The molecule has 1 aliphatic heterocycles. The average molecular weight is 279 g/mol. The lowest BCUT2D eigenvalue weighted by Crippen LogP contribution is -2.58. The van der Waals surface area contributed by atoms with Crippen molar-refractivity contribution in [2.45, 2.75) is 39.4 Å². The summed E-state index contributed by atoms with van der Waals surface area (Å²) in [7, 11) is 0. The van der Waals surface area contributed by atoms with E-state index >= 15 is 0 Å². The van der Waals surface area contributed by atoms with E-state index in [4.69, 9.17) is 0 Å². The van der Waals surface area contributed by atoms with Gasteiger partial charge in [-0.05, 0) is 20.8 Å². The fourth-order valence-electron chi connectivity index (χ4n) is 2.68. The molecule has 0 spiro atoms. The number of hydrogen-bond donors (Lipinski definition) is 2. The van der Waals surface area contributed by atoms with Gasteiger partial charge in [0.2, 0.25) is 5.91 Å². The highest BCUT2D eigenvalue weighted by Gasteiger charge is 2.32. The van der Waals surface area contributed by atoms with Gasteiger partial charge in [0.1, 0.15) is 6.04 Å². The Morgan fingerprint density at radius 2 is 2.40 bits per heavy atom. The minimum atomic E-state index is -0.108. The Bertz CT molecular complexity index is 445. The fourth-order valence-corrected chi connectivity index (χ4v) is 2.68. The highest BCUT2D eigenvalue weighted by Crippen LogP contribution is 2.23. The third-order valence-corrected chi connectivity index (χ3v) is 3.90. The minimum Gasteiger partial charge on any atom is -0.355 e. The number of likely N-dealkylation sites (N-methyl/N-ethyl adjacent to an activating group) is 1. The summed E-state index contributed by atoms with van der Waals surface area (Å²) in [6.45, 7) is 10.2. The van der Waals surface area contributed by atoms with Crippen molar-refractivity contribution in [2.75, 3.05) is 26.2 Å². The summed E-state index contributed by atoms with van der Waals surface area (Å²) in [6.07, 6.45) is 3.98. The van der Waals surface area contributed by atoms with Crippen molar-refractivity contribution in [3.8, 4) is 0 Å². The molecule has 1 saturated heterocycles. The second-order valence-corrected chi connectivity index (χ2v) is 5.16. The molecule has 20 heavy (non-hydrogen) atoms. The Kier molecular flexibility index (Phi) is 5.14. The van der Waals surface area contributed by atoms with E-state index in [0.717, 1.165) is 19.6 Å². The molecular weight excluding hydrogens is 254 g/mol. The van der Waals surface area contributed by atoms with Crippen LogP contribution in [0.25, 0.3) is 0 Å². The maximum atomic E-state index is 12.2. The predicted octanol–water partition coefficient (Wildman–Crippen LogP) is 0.374. The van der Waals surface area contributed by atoms with Crippen LogP contribution in [-0.2, 0) is 11.3 Å². The van der Waals surface area contributed by atoms with Crippen molar-refractivity contribution < 1.29 is 4.79 Å². The largest absolute Gasteiger partial charge is 0.355 e. The molecule has 112 valence electrons. The highest BCUT2D eigenvalue weighted by atomic mass is 16.2. The summed E-state index contributed by atoms with van der Waals surface area (Å²) in [5.41, 5.74) is 1.17. The summed E-state index contributed by atoms with van der Waals surface area (Å²) in [4.78, 5) is 14.5. The van der Waals surface area contributed by atoms with Crippen LogP contribution in [0.3, 0.4) is 0 Å². The standard InChI is InChI=1S/C14H25N5O/c1-4-16-14(20)13-9-15-6-7-19(13)11(3)12-8-17-18(5-2)10-12/h8,10-11,13,15H,4-7,9H2,1-3H3,(H,16,20). The Morgan fingerprint density at radius 1 is 1.60 bits per heavy atom. The lowest BCUT2D eigenvalue weighted by molar-refractivity contribution is -0.128. The van der Waals surface area contributed by atoms with E-state index in [2.05, 4.69) is 40.7 Å². The molecule has 1 aromatic heterocycles. The molecule has 2 unspecified atom stereocenters. The number of hydrogen-bond acceptors (Lipinski definition) is 4. The Morgan fingerprint density at radius 3 is 3.05 bits per heavy atom. The molecule has 0 bridgehead atoms. The molecule has 2 rings (SSSR count). The van der Waals surface area contributed by atoms with Gasteiger partial charge in [0.15, 0.2) is 0 Å². The number of carbonyl (C=O) groups is 1. The number of carbonyl (C=O) groups excluding carboxylic acids is 1. The van der Waals surface area contributed by atoms with Crippen LogP contribution in [0.1, 0.15) is 32.4 Å². The number of piperazine rings is 1. The maximum absolute atomic E-state index is 12.2. The summed E-state index contributed by atoms with van der Waals surface area (Å²) in [5, 5.41) is 10.6. The summed E-state index contributed by atoms with van der Waals surface area (Å²) >= 11 is 0. The molecule has 1 aliphatic rings. The minimum absolute atomic E-state index is 0.106. The van der Waals surface area contributed by atoms with Crippen LogP contribution in [0.4, 0.5) is 0 Å². The summed E-state index contributed by atoms with van der Waals surface area (Å²) < 4.78 is 1.93. The van der Waals surface area contributed by atoms with Crippen LogP contribution in [0.5, 0.6) is 0 Å². The van der Waals surface area contributed by atoms with Gasteiger partial charge in [-0.1, -0.05) is 0 Å². The smallest absolute Gasteiger partial charge is 0.238 e. The molecule has 6 nitrogen and oxygen atoms in total. The molecule has 2 atom stereocenters. The first-order valence-electron chi connectivity index (χ1n) is 7.43. The van der Waals surface area contributed by atoms with Gasteiger partial charge in [0.05, 0.1) is 6.20 Å². The molecule has 0 radical (unpaired) electrons. The van der Waals surface area contributed by atoms with Gasteiger partial charge in [0, 0.05) is 50.5 Å². The zero-order valence-corrected chi connectivity index (χ0v) is 12.6. The molecule has 2 heterocycles. The topological polar surface area (TPSA) is 62.2 Å². The van der Waals surface area contributed by atoms with Gasteiger partial charge in [-0.3, -0.25) is 14.4 Å². The maximum Gasteiger partial charge on any atom is 0.238 e. The van der Waals surface area contributed by atoms with Crippen LogP contribution >= 0.6 is 0 Å². The van der Waals surface area contributed by atoms with Crippen LogP contribution < -0.4 is 10.6 Å². The Balaban J connectivity index is 2.12. The number of aryl methyl sites for hydroxylation is 1. The summed E-state index contributed by atoms with van der Waals surface area (Å²) in [6, 6.07) is 0.0914. The second-order valence-electron chi connectivity index (χ2n) is 5.16. The Hall–Kier alpha value is -1.40. The van der Waals surface area contributed by atoms with Gasteiger partial charge in [0.25, 0.3) is 0 Å². The third-order valence-electron chi connectivity index (χ3n) is 3.90. The molecule has 0 saturated carbocycles. The van der Waals surface area contributed by atoms with E-state index in [1.807, 2.05) is 17.8 Å². The molecule has 0 aromatic carbocycles. The normalized spacial score (nSPS) is 21.6. The average Bonchev–Trinajstić information content (AvgIpc) is 2.95. The Labute approximate surface area is 120 Å². The van der Waals surface area contributed by atoms with Gasteiger partial charge >= 0.3 is 0 Å². The molecule has 6 heteroatoms. The van der Waals surface area contributed by atoms with Crippen molar-refractivity contribution in [2.24, 2.45) is 0 Å². The lowest BCUT2D eigenvalue weighted by Gasteiger charge is -2.38. The summed E-state index contributed by atoms with van der Waals surface area (Å²) in [5.74, 6) is 0.106. The van der Waals surface area contributed by atoms with Crippen molar-refractivity contribution in [3.05, 3.63) is 18.0 Å². The zero-order chi connectivity index (χ0) is 14.5. The first-order valence-corrected chi connectivity index (χ1v) is 7.43. The molecule has 1 amide bonds. The van der Waals surface area contributed by atoms with Crippen LogP contribution in [0, 0.1) is 0 Å². The van der Waals surface area contributed by atoms with Crippen molar-refractivity contribution in [1.82, 2.24) is 25.3 Å². The van der Waals surface area contributed by atoms with Gasteiger partial charge in [-0.15, -0.1) is 0 Å². The first-order chi connectivity index (χ1) is 9.67. The van der Waals surface area contributed by atoms with Crippen molar-refractivity contribution >= 4 is 5.91 Å². The van der Waals surface area contributed by atoms with Gasteiger partial charge < -0.3 is 10.6 Å². The third kappa shape index (κ3) is 3.19. The van der Waals surface area contributed by atoms with Crippen LogP contribution in [0.2, 0.25) is 0 Å². The van der Waals surface area contributed by atoms with Gasteiger partial charge in [-0.2, -0.15) is 5.10 Å². The second kappa shape index (κ2) is 6.85. The molecule has 1 aromatic rings. The number of aromatic nitrogens is 2. The molecule has 1 fully saturated rings. The van der Waals surface area contributed by atoms with E-state index < -0.39 is 0 Å². The van der Waals surface area contributed by atoms with E-state index in [0.29, 0.717) is 13.1 Å². The van der Waals surface area contributed by atoms with Gasteiger partial charge in [-0.25, -0.2) is 0 Å². The van der Waals surface area contributed by atoms with E-state index in [1.54, 1.807) is 0 Å². The highest BCUT2D eigenvalue weighted by molar-refractivity contribution is 5.82. The van der Waals surface area contributed by atoms with E-state index in [1.165, 1.54) is 5.56 Å². The van der Waals surface area contributed by atoms with E-state index in [9.17, 15) is 4.79 Å². The van der Waals surface area contributed by atoms with E-state index in [-0.39, 0.29) is 18.0 Å². The molecule has 0 aliphatic carbocycles. The fraction of sp³-hybridized carbons (Fsp3) is 0.714. The van der Waals surface area contributed by atoms with Crippen LogP contribution in [-0.4, -0.2) is 52.8 Å². The van der Waals surface area contributed by atoms with Crippen molar-refractivity contribution in [3.63, 3.8) is 0 Å². The predicted molar refractivity (Wildman–Crippen MR) is 78.4 cm³/mol. The van der Waals surface area contributed by atoms with Crippen LogP contribution in [0.15, 0.2) is 12.4 Å². The molecular formula is C14H25N5O. The quantitative estimate of drug-likeness (QED) is 0.818. The number of nitrogens with one attached hydrogen (secondary N) is 2. The lowest BCUT2D eigenvalue weighted by atomic mass is 10.1. The van der Waals surface area contributed by atoms with Crippen molar-refractivity contribution in [1.29, 1.82) is 0 Å². The number of amides is 1. The molecule has 2 N–H and O–H groups in total. The SMILES string of the molecule is CCNC(=O)C1CNCCN1C(C)c1cnn(CC)c1.